The van der Waals surface area contributed by atoms with Crippen molar-refractivity contribution in [3.8, 4) is 0 Å². The van der Waals surface area contributed by atoms with Gasteiger partial charge in [-0.15, -0.1) is 0 Å². The van der Waals surface area contributed by atoms with E-state index in [-0.39, 0.29) is 18.5 Å². The van der Waals surface area contributed by atoms with Crippen LogP contribution in [0.4, 0.5) is 8.78 Å². The largest absolute Gasteiger partial charge is 0.362 e. The molecular weight excluding hydrogens is 174 g/mol. The molecule has 0 aliphatic carbocycles. The second-order valence-electron chi connectivity index (χ2n) is 3.23. The summed E-state index contributed by atoms with van der Waals surface area (Å²) >= 11 is 0. The van der Waals surface area contributed by atoms with Crippen LogP contribution in [0.1, 0.15) is 23.4 Å². The van der Waals surface area contributed by atoms with Crippen molar-refractivity contribution in [3.05, 3.63) is 23.0 Å². The third kappa shape index (κ3) is 2.06. The van der Waals surface area contributed by atoms with Gasteiger partial charge in [-0.05, 0) is 26.5 Å². The van der Waals surface area contributed by atoms with Crippen molar-refractivity contribution in [1.82, 2.24) is 4.98 Å². The van der Waals surface area contributed by atoms with Crippen molar-refractivity contribution in [2.45, 2.75) is 26.2 Å². The topological polar surface area (TPSA) is 41.8 Å². The number of halogens is 2. The number of aryl methyl sites for hydroxylation is 2. The van der Waals surface area contributed by atoms with Crippen molar-refractivity contribution >= 4 is 0 Å². The molecule has 0 radical (unpaired) electrons. The van der Waals surface area contributed by atoms with Gasteiger partial charge in [0.2, 0.25) is 0 Å². The number of hydrogen-bond acceptors (Lipinski definition) is 1. The van der Waals surface area contributed by atoms with Crippen LogP contribution < -0.4 is 5.73 Å². The summed E-state index contributed by atoms with van der Waals surface area (Å²) in [5.74, 6) is -2.80. The maximum absolute atomic E-state index is 13.3. The van der Waals surface area contributed by atoms with E-state index in [0.29, 0.717) is 5.69 Å². The number of H-pyrrole nitrogens is 1. The SMILES string of the molecule is Cc1cc(C(F)(F)CCN)c(C)[nH]1. The molecule has 0 saturated heterocycles. The molecule has 1 aromatic heterocycles. The molecule has 0 aromatic carbocycles. The molecule has 0 saturated carbocycles. The minimum atomic E-state index is -2.80. The monoisotopic (exact) mass is 188 g/mol. The highest BCUT2D eigenvalue weighted by Crippen LogP contribution is 2.33. The molecule has 1 rings (SSSR count). The third-order valence-corrected chi connectivity index (χ3v) is 2.00. The van der Waals surface area contributed by atoms with Gasteiger partial charge in [0.15, 0.2) is 0 Å². The van der Waals surface area contributed by atoms with Crippen LogP contribution in [0.25, 0.3) is 0 Å². The van der Waals surface area contributed by atoms with E-state index >= 15 is 0 Å². The number of nitrogens with two attached hydrogens (primary N) is 1. The fourth-order valence-electron chi connectivity index (χ4n) is 1.42. The fourth-order valence-corrected chi connectivity index (χ4v) is 1.42. The number of rotatable bonds is 3. The average molecular weight is 188 g/mol. The lowest BCUT2D eigenvalue weighted by Crippen LogP contribution is -2.18. The molecule has 0 unspecified atom stereocenters. The minimum Gasteiger partial charge on any atom is -0.362 e. The van der Waals surface area contributed by atoms with Gasteiger partial charge in [0, 0.05) is 23.4 Å². The predicted octanol–water partition coefficient (Wildman–Crippen LogP) is 2.07. The van der Waals surface area contributed by atoms with Crippen LogP contribution in [0.3, 0.4) is 0 Å². The van der Waals surface area contributed by atoms with Crippen LogP contribution in [0.15, 0.2) is 6.07 Å². The number of hydrogen-bond donors (Lipinski definition) is 2. The smallest absolute Gasteiger partial charge is 0.276 e. The van der Waals surface area contributed by atoms with Crippen LogP contribution >= 0.6 is 0 Å². The third-order valence-electron chi connectivity index (χ3n) is 2.00. The molecule has 2 nitrogen and oxygen atoms in total. The molecule has 74 valence electrons. The average Bonchev–Trinajstić information content (AvgIpc) is 2.30. The van der Waals surface area contributed by atoms with Gasteiger partial charge in [0.25, 0.3) is 5.92 Å². The predicted molar refractivity (Wildman–Crippen MR) is 47.8 cm³/mol. The van der Waals surface area contributed by atoms with Crippen LogP contribution in [0.2, 0.25) is 0 Å². The molecule has 0 aliphatic heterocycles. The Labute approximate surface area is 76.1 Å². The van der Waals surface area contributed by atoms with E-state index in [0.717, 1.165) is 5.69 Å². The number of nitrogens with one attached hydrogen (secondary N) is 1. The Hall–Kier alpha value is -0.900. The van der Waals surface area contributed by atoms with Gasteiger partial charge in [-0.25, -0.2) is 8.78 Å². The summed E-state index contributed by atoms with van der Waals surface area (Å²) in [6.07, 6.45) is -0.300. The van der Waals surface area contributed by atoms with E-state index in [1.807, 2.05) is 0 Å². The normalized spacial score (nSPS) is 12.1. The highest BCUT2D eigenvalue weighted by atomic mass is 19.3. The van der Waals surface area contributed by atoms with E-state index in [4.69, 9.17) is 5.73 Å². The zero-order chi connectivity index (χ0) is 10.1. The van der Waals surface area contributed by atoms with Gasteiger partial charge in [0.1, 0.15) is 0 Å². The second kappa shape index (κ2) is 3.46. The van der Waals surface area contributed by atoms with Crippen molar-refractivity contribution in [3.63, 3.8) is 0 Å². The molecule has 13 heavy (non-hydrogen) atoms. The summed E-state index contributed by atoms with van der Waals surface area (Å²) in [6, 6.07) is 1.48. The van der Waals surface area contributed by atoms with Gasteiger partial charge in [-0.3, -0.25) is 0 Å². The quantitative estimate of drug-likeness (QED) is 0.749. The molecule has 0 atom stereocenters. The summed E-state index contributed by atoms with van der Waals surface area (Å²) in [7, 11) is 0. The molecule has 0 amide bonds. The van der Waals surface area contributed by atoms with E-state index < -0.39 is 5.92 Å². The lowest BCUT2D eigenvalue weighted by atomic mass is 10.1. The van der Waals surface area contributed by atoms with Gasteiger partial charge >= 0.3 is 0 Å². The number of aromatic amines is 1. The first kappa shape index (κ1) is 10.2. The first-order valence-corrected chi connectivity index (χ1v) is 4.22. The Morgan fingerprint density at radius 1 is 1.46 bits per heavy atom. The molecule has 1 aromatic rings. The van der Waals surface area contributed by atoms with Gasteiger partial charge in [0.05, 0.1) is 0 Å². The Balaban J connectivity index is 2.98. The molecule has 1 heterocycles. The van der Waals surface area contributed by atoms with Crippen LogP contribution in [-0.4, -0.2) is 11.5 Å². The molecule has 4 heteroatoms. The molecule has 3 N–H and O–H groups in total. The summed E-state index contributed by atoms with van der Waals surface area (Å²) < 4.78 is 26.7. The maximum Gasteiger partial charge on any atom is 0.276 e. The lowest BCUT2D eigenvalue weighted by molar-refractivity contribution is -0.0112. The molecule has 0 fully saturated rings. The Kier molecular flexibility index (Phi) is 2.71. The van der Waals surface area contributed by atoms with Crippen LogP contribution in [0.5, 0.6) is 0 Å². The van der Waals surface area contributed by atoms with Crippen molar-refractivity contribution in [2.24, 2.45) is 5.73 Å². The summed E-state index contributed by atoms with van der Waals surface area (Å²) in [5, 5.41) is 0. The lowest BCUT2D eigenvalue weighted by Gasteiger charge is -2.14. The van der Waals surface area contributed by atoms with Gasteiger partial charge in [-0.2, -0.15) is 0 Å². The van der Waals surface area contributed by atoms with Crippen molar-refractivity contribution < 1.29 is 8.78 Å². The number of aromatic nitrogens is 1. The second-order valence-corrected chi connectivity index (χ2v) is 3.23. The van der Waals surface area contributed by atoms with Gasteiger partial charge < -0.3 is 10.7 Å². The standard InChI is InChI=1S/C9H14F2N2/c1-6-5-8(7(2)13-6)9(10,11)3-4-12/h5,13H,3-4,12H2,1-2H3. The van der Waals surface area contributed by atoms with E-state index in [1.165, 1.54) is 6.07 Å². The minimum absolute atomic E-state index is 0.00331. The zero-order valence-corrected chi connectivity index (χ0v) is 7.82. The Morgan fingerprint density at radius 2 is 2.08 bits per heavy atom. The highest BCUT2D eigenvalue weighted by molar-refractivity contribution is 5.28. The summed E-state index contributed by atoms with van der Waals surface area (Å²) in [6.45, 7) is 3.40. The molecular formula is C9H14F2N2. The maximum atomic E-state index is 13.3. The van der Waals surface area contributed by atoms with E-state index in [1.54, 1.807) is 13.8 Å². The van der Waals surface area contributed by atoms with Crippen molar-refractivity contribution in [2.75, 3.05) is 6.54 Å². The van der Waals surface area contributed by atoms with Crippen LogP contribution in [-0.2, 0) is 5.92 Å². The summed E-state index contributed by atoms with van der Waals surface area (Å²) in [4.78, 5) is 2.85. The van der Waals surface area contributed by atoms with Crippen molar-refractivity contribution in [1.29, 1.82) is 0 Å². The Bertz CT molecular complexity index is 292. The Morgan fingerprint density at radius 3 is 2.46 bits per heavy atom. The number of alkyl halides is 2. The first-order valence-electron chi connectivity index (χ1n) is 4.22. The molecule has 0 bridgehead atoms. The van der Waals surface area contributed by atoms with E-state index in [9.17, 15) is 8.78 Å². The van der Waals surface area contributed by atoms with Gasteiger partial charge in [-0.1, -0.05) is 0 Å². The summed E-state index contributed by atoms with van der Waals surface area (Å²) in [5.41, 5.74) is 6.46. The highest BCUT2D eigenvalue weighted by Gasteiger charge is 2.32. The first-order chi connectivity index (χ1) is 5.97. The van der Waals surface area contributed by atoms with E-state index in [2.05, 4.69) is 4.98 Å². The zero-order valence-electron chi connectivity index (χ0n) is 7.82. The fraction of sp³-hybridized carbons (Fsp3) is 0.556. The molecule has 0 spiro atoms. The van der Waals surface area contributed by atoms with Crippen LogP contribution in [0, 0.1) is 13.8 Å². The molecule has 0 aliphatic rings.